The number of halogens is 3. The lowest BCUT2D eigenvalue weighted by Crippen LogP contribution is -2.25. The van der Waals surface area contributed by atoms with Gasteiger partial charge in [0.05, 0.1) is 5.02 Å². The molecule has 0 bridgehead atoms. The molecule has 1 aromatic carbocycles. The van der Waals surface area contributed by atoms with Crippen molar-refractivity contribution < 1.29 is 9.13 Å². The summed E-state index contributed by atoms with van der Waals surface area (Å²) in [5.41, 5.74) is 0.609. The smallest absolute Gasteiger partial charge is 0.147 e. The van der Waals surface area contributed by atoms with Crippen LogP contribution in [0.15, 0.2) is 16.6 Å². The second kappa shape index (κ2) is 8.20. The number of hydrogen-bond donors (Lipinski definition) is 1. The number of methoxy groups -OCH3 is 1. The molecule has 2 atom stereocenters. The Morgan fingerprint density at radius 1 is 1.47 bits per heavy atom. The first-order chi connectivity index (χ1) is 9.01. The standard InChI is InChI=1S/C14H20BrClFNO/c1-4-18-12(7-9(2)8-19-3)10-5-6-11(15)13(16)14(10)17/h5-6,9,12,18H,4,7-8H2,1-3H3. The summed E-state index contributed by atoms with van der Waals surface area (Å²) in [5, 5.41) is 3.44. The van der Waals surface area contributed by atoms with Crippen LogP contribution in [0.25, 0.3) is 0 Å². The Labute approximate surface area is 127 Å². The highest BCUT2D eigenvalue weighted by Gasteiger charge is 2.20. The van der Waals surface area contributed by atoms with Crippen molar-refractivity contribution in [1.82, 2.24) is 5.32 Å². The van der Waals surface area contributed by atoms with Crippen LogP contribution < -0.4 is 5.32 Å². The average Bonchev–Trinajstić information content (AvgIpc) is 2.36. The maximum Gasteiger partial charge on any atom is 0.147 e. The first-order valence-electron chi connectivity index (χ1n) is 6.36. The monoisotopic (exact) mass is 351 g/mol. The lowest BCUT2D eigenvalue weighted by atomic mass is 9.96. The van der Waals surface area contributed by atoms with Crippen LogP contribution >= 0.6 is 27.5 Å². The number of nitrogens with one attached hydrogen (secondary N) is 1. The number of ether oxygens (including phenoxy) is 1. The van der Waals surface area contributed by atoms with E-state index in [-0.39, 0.29) is 16.9 Å². The Morgan fingerprint density at radius 2 is 2.16 bits per heavy atom. The molecule has 0 saturated heterocycles. The lowest BCUT2D eigenvalue weighted by Gasteiger charge is -2.23. The van der Waals surface area contributed by atoms with Crippen LogP contribution in [0.2, 0.25) is 5.02 Å². The number of benzene rings is 1. The fourth-order valence-corrected chi connectivity index (χ4v) is 2.61. The van der Waals surface area contributed by atoms with Gasteiger partial charge in [0.25, 0.3) is 0 Å². The van der Waals surface area contributed by atoms with E-state index in [0.29, 0.717) is 22.6 Å². The third-order valence-corrected chi connectivity index (χ3v) is 4.24. The summed E-state index contributed by atoms with van der Waals surface area (Å²) in [6, 6.07) is 3.50. The van der Waals surface area contributed by atoms with Crippen LogP contribution in [-0.4, -0.2) is 20.3 Å². The minimum Gasteiger partial charge on any atom is -0.384 e. The highest BCUT2D eigenvalue weighted by atomic mass is 79.9. The summed E-state index contributed by atoms with van der Waals surface area (Å²) in [4.78, 5) is 0. The van der Waals surface area contributed by atoms with E-state index in [1.54, 1.807) is 19.2 Å². The molecule has 0 saturated carbocycles. The van der Waals surface area contributed by atoms with E-state index in [1.165, 1.54) is 0 Å². The Kier molecular flexibility index (Phi) is 7.29. The fraction of sp³-hybridized carbons (Fsp3) is 0.571. The molecule has 1 rings (SSSR count). The Balaban J connectivity index is 2.95. The molecule has 2 unspecified atom stereocenters. The SMILES string of the molecule is CCNC(CC(C)COC)c1ccc(Br)c(Cl)c1F. The second-order valence-corrected chi connectivity index (χ2v) is 5.90. The van der Waals surface area contributed by atoms with E-state index in [2.05, 4.69) is 28.2 Å². The van der Waals surface area contributed by atoms with Gasteiger partial charge >= 0.3 is 0 Å². The van der Waals surface area contributed by atoms with Crippen LogP contribution in [0, 0.1) is 11.7 Å². The van der Waals surface area contributed by atoms with Crippen molar-refractivity contribution in [3.63, 3.8) is 0 Å². The van der Waals surface area contributed by atoms with Gasteiger partial charge in [0, 0.05) is 29.8 Å². The van der Waals surface area contributed by atoms with Crippen LogP contribution in [-0.2, 0) is 4.74 Å². The van der Waals surface area contributed by atoms with Crippen molar-refractivity contribution in [3.8, 4) is 0 Å². The zero-order valence-electron chi connectivity index (χ0n) is 11.5. The van der Waals surface area contributed by atoms with Crippen LogP contribution in [0.1, 0.15) is 31.9 Å². The topological polar surface area (TPSA) is 21.3 Å². The summed E-state index contributed by atoms with van der Waals surface area (Å²) < 4.78 is 20.0. The molecular weight excluding hydrogens is 333 g/mol. The molecule has 0 heterocycles. The van der Waals surface area contributed by atoms with Crippen molar-refractivity contribution in [2.75, 3.05) is 20.3 Å². The van der Waals surface area contributed by atoms with Gasteiger partial charge in [-0.25, -0.2) is 4.39 Å². The highest BCUT2D eigenvalue weighted by Crippen LogP contribution is 2.32. The van der Waals surface area contributed by atoms with Gasteiger partial charge in [0.2, 0.25) is 0 Å². The van der Waals surface area contributed by atoms with Crippen molar-refractivity contribution in [2.24, 2.45) is 5.92 Å². The lowest BCUT2D eigenvalue weighted by molar-refractivity contribution is 0.149. The van der Waals surface area contributed by atoms with Crippen molar-refractivity contribution in [3.05, 3.63) is 33.0 Å². The number of hydrogen-bond acceptors (Lipinski definition) is 2. The Bertz CT molecular complexity index is 417. The summed E-state index contributed by atoms with van der Waals surface area (Å²) in [6.07, 6.45) is 0.802. The van der Waals surface area contributed by atoms with Gasteiger partial charge in [-0.2, -0.15) is 0 Å². The van der Waals surface area contributed by atoms with Gasteiger partial charge in [-0.15, -0.1) is 0 Å². The Morgan fingerprint density at radius 3 is 2.74 bits per heavy atom. The summed E-state index contributed by atoms with van der Waals surface area (Å²) in [7, 11) is 1.68. The maximum atomic E-state index is 14.2. The predicted octanol–water partition coefficient (Wildman–Crippen LogP) is 4.56. The van der Waals surface area contributed by atoms with Crippen LogP contribution in [0.3, 0.4) is 0 Å². The third-order valence-electron chi connectivity index (χ3n) is 2.98. The zero-order chi connectivity index (χ0) is 14.4. The van der Waals surface area contributed by atoms with Gasteiger partial charge in [-0.3, -0.25) is 0 Å². The van der Waals surface area contributed by atoms with E-state index in [0.717, 1.165) is 13.0 Å². The predicted molar refractivity (Wildman–Crippen MR) is 81.2 cm³/mol. The van der Waals surface area contributed by atoms with E-state index in [9.17, 15) is 4.39 Å². The van der Waals surface area contributed by atoms with Gasteiger partial charge < -0.3 is 10.1 Å². The zero-order valence-corrected chi connectivity index (χ0v) is 13.8. The molecule has 1 N–H and O–H groups in total. The van der Waals surface area contributed by atoms with Crippen LogP contribution in [0.4, 0.5) is 4.39 Å². The van der Waals surface area contributed by atoms with Gasteiger partial charge in [0.15, 0.2) is 0 Å². The molecule has 0 spiro atoms. The largest absolute Gasteiger partial charge is 0.384 e. The molecule has 1 aromatic rings. The average molecular weight is 353 g/mol. The molecular formula is C14H20BrClFNO. The molecule has 2 nitrogen and oxygen atoms in total. The van der Waals surface area contributed by atoms with E-state index in [4.69, 9.17) is 16.3 Å². The first kappa shape index (κ1) is 16.9. The molecule has 0 fully saturated rings. The highest BCUT2D eigenvalue weighted by molar-refractivity contribution is 9.10. The molecule has 108 valence electrons. The molecule has 19 heavy (non-hydrogen) atoms. The number of rotatable bonds is 7. The van der Waals surface area contributed by atoms with Crippen LogP contribution in [0.5, 0.6) is 0 Å². The van der Waals surface area contributed by atoms with Crippen molar-refractivity contribution >= 4 is 27.5 Å². The van der Waals surface area contributed by atoms with Gasteiger partial charge in [-0.1, -0.05) is 31.5 Å². The van der Waals surface area contributed by atoms with E-state index < -0.39 is 0 Å². The minimum atomic E-state index is -0.355. The second-order valence-electron chi connectivity index (χ2n) is 4.67. The normalized spacial score (nSPS) is 14.4. The summed E-state index contributed by atoms with van der Waals surface area (Å²) in [6.45, 7) is 5.53. The Hall–Kier alpha value is -0.160. The van der Waals surface area contributed by atoms with E-state index in [1.807, 2.05) is 6.92 Å². The molecule has 0 radical (unpaired) electrons. The first-order valence-corrected chi connectivity index (χ1v) is 7.54. The third kappa shape index (κ3) is 4.71. The maximum absolute atomic E-state index is 14.2. The molecule has 0 aliphatic rings. The fourth-order valence-electron chi connectivity index (χ4n) is 2.13. The summed E-state index contributed by atoms with van der Waals surface area (Å²) in [5.74, 6) is -0.0116. The molecule has 0 aromatic heterocycles. The van der Waals surface area contributed by atoms with Crippen molar-refractivity contribution in [2.45, 2.75) is 26.3 Å². The molecule has 0 amide bonds. The minimum absolute atomic E-state index is 0.0549. The quantitative estimate of drug-likeness (QED) is 0.726. The summed E-state index contributed by atoms with van der Waals surface area (Å²) >= 11 is 9.18. The van der Waals surface area contributed by atoms with E-state index >= 15 is 0 Å². The molecule has 5 heteroatoms. The van der Waals surface area contributed by atoms with Crippen molar-refractivity contribution in [1.29, 1.82) is 0 Å². The molecule has 0 aliphatic carbocycles. The van der Waals surface area contributed by atoms with Gasteiger partial charge in [0.1, 0.15) is 5.82 Å². The molecule has 0 aliphatic heterocycles. The van der Waals surface area contributed by atoms with Gasteiger partial charge in [-0.05, 0) is 40.9 Å².